The van der Waals surface area contributed by atoms with Crippen LogP contribution in [0.25, 0.3) is 0 Å². The molecule has 2 aromatic rings. The van der Waals surface area contributed by atoms with Gasteiger partial charge in [-0.15, -0.1) is 0 Å². The van der Waals surface area contributed by atoms with Gasteiger partial charge in [-0.2, -0.15) is 0 Å². The molecular weight excluding hydrogens is 408 g/mol. The smallest absolute Gasteiger partial charge is 0.232 e. The van der Waals surface area contributed by atoms with Gasteiger partial charge in [0.05, 0.1) is 18.0 Å². The highest BCUT2D eigenvalue weighted by atomic mass is 32.2. The Morgan fingerprint density at radius 2 is 1.81 bits per heavy atom. The van der Waals surface area contributed by atoms with Gasteiger partial charge in [0.1, 0.15) is 0 Å². The minimum atomic E-state index is -3.42. The summed E-state index contributed by atoms with van der Waals surface area (Å²) in [5, 5.41) is 3.15. The molecule has 1 atom stereocenters. The van der Waals surface area contributed by atoms with Crippen LogP contribution < -0.4 is 9.62 Å². The zero-order valence-corrected chi connectivity index (χ0v) is 19.7. The Morgan fingerprint density at radius 1 is 1.10 bits per heavy atom. The Balaban J connectivity index is 1.60. The van der Waals surface area contributed by atoms with Crippen molar-refractivity contribution < 1.29 is 13.2 Å². The maximum atomic E-state index is 12.6. The Hall–Kier alpha value is -2.34. The summed E-state index contributed by atoms with van der Waals surface area (Å²) in [5.74, 6) is -0.0391. The van der Waals surface area contributed by atoms with Crippen molar-refractivity contribution in [2.45, 2.75) is 64.8 Å². The molecule has 6 heteroatoms. The molecule has 0 spiro atoms. The summed E-state index contributed by atoms with van der Waals surface area (Å²) < 4.78 is 26.0. The summed E-state index contributed by atoms with van der Waals surface area (Å²) in [4.78, 5) is 12.6. The van der Waals surface area contributed by atoms with E-state index in [1.807, 2.05) is 25.1 Å². The first-order valence-electron chi connectivity index (χ1n) is 11.2. The van der Waals surface area contributed by atoms with Crippen LogP contribution in [0.3, 0.4) is 0 Å². The second-order valence-corrected chi connectivity index (χ2v) is 10.4. The molecule has 1 aliphatic rings. The van der Waals surface area contributed by atoms with Crippen molar-refractivity contribution in [2.24, 2.45) is 0 Å². The lowest BCUT2D eigenvalue weighted by Crippen LogP contribution is -2.33. The van der Waals surface area contributed by atoms with E-state index in [9.17, 15) is 13.2 Å². The lowest BCUT2D eigenvalue weighted by molar-refractivity contribution is -0.121. The number of carbonyl (C=O) groups excluding carboxylic acids is 1. The first-order valence-corrected chi connectivity index (χ1v) is 13.1. The monoisotopic (exact) mass is 442 g/mol. The Labute approximate surface area is 186 Å². The number of amides is 1. The molecule has 0 saturated heterocycles. The number of sulfonamides is 1. The van der Waals surface area contributed by atoms with Gasteiger partial charge in [0, 0.05) is 13.0 Å². The highest BCUT2D eigenvalue weighted by Gasteiger charge is 2.20. The predicted molar refractivity (Wildman–Crippen MR) is 127 cm³/mol. The van der Waals surface area contributed by atoms with Crippen molar-refractivity contribution in [3.63, 3.8) is 0 Å². The van der Waals surface area contributed by atoms with Crippen molar-refractivity contribution in [3.05, 3.63) is 64.7 Å². The van der Waals surface area contributed by atoms with Crippen LogP contribution in [0.15, 0.2) is 42.5 Å². The van der Waals surface area contributed by atoms with Gasteiger partial charge in [-0.25, -0.2) is 8.42 Å². The Morgan fingerprint density at radius 3 is 2.48 bits per heavy atom. The van der Waals surface area contributed by atoms with E-state index in [4.69, 9.17) is 0 Å². The zero-order valence-electron chi connectivity index (χ0n) is 18.9. The second kappa shape index (κ2) is 10.3. The summed E-state index contributed by atoms with van der Waals surface area (Å²) in [6, 6.07) is 14.0. The number of carbonyl (C=O) groups is 1. The van der Waals surface area contributed by atoms with Gasteiger partial charge in [0.2, 0.25) is 15.9 Å². The van der Waals surface area contributed by atoms with Crippen molar-refractivity contribution in [3.8, 4) is 0 Å². The van der Waals surface area contributed by atoms with E-state index in [1.165, 1.54) is 34.5 Å². The van der Waals surface area contributed by atoms with Crippen LogP contribution in [-0.2, 0) is 27.7 Å². The van der Waals surface area contributed by atoms with E-state index in [0.29, 0.717) is 18.5 Å². The van der Waals surface area contributed by atoms with E-state index in [0.717, 1.165) is 30.4 Å². The van der Waals surface area contributed by atoms with Crippen LogP contribution in [0.2, 0.25) is 0 Å². The van der Waals surface area contributed by atoms with Crippen molar-refractivity contribution in [2.75, 3.05) is 17.1 Å². The van der Waals surface area contributed by atoms with Crippen molar-refractivity contribution in [1.29, 1.82) is 0 Å². The number of nitrogens with one attached hydrogen (secondary N) is 1. The molecule has 2 aromatic carbocycles. The van der Waals surface area contributed by atoms with Crippen LogP contribution in [0.5, 0.6) is 0 Å². The van der Waals surface area contributed by atoms with Crippen LogP contribution >= 0.6 is 0 Å². The number of aryl methyl sites for hydroxylation is 3. The van der Waals surface area contributed by atoms with Crippen LogP contribution in [0.4, 0.5) is 5.69 Å². The van der Waals surface area contributed by atoms with Gasteiger partial charge in [0.15, 0.2) is 0 Å². The van der Waals surface area contributed by atoms with Gasteiger partial charge in [0.25, 0.3) is 0 Å². The average Bonchev–Trinajstić information content (AvgIpc) is 2.74. The quantitative estimate of drug-likeness (QED) is 0.613. The van der Waals surface area contributed by atoms with E-state index in [-0.39, 0.29) is 18.5 Å². The van der Waals surface area contributed by atoms with Crippen molar-refractivity contribution >= 4 is 21.6 Å². The number of fused-ring (bicyclic) bond motifs is 1. The second-order valence-electron chi connectivity index (χ2n) is 8.49. The van der Waals surface area contributed by atoms with Crippen LogP contribution in [0.1, 0.15) is 67.3 Å². The molecule has 0 radical (unpaired) electrons. The van der Waals surface area contributed by atoms with Gasteiger partial charge in [-0.05, 0) is 73.8 Å². The van der Waals surface area contributed by atoms with Crippen LogP contribution in [0, 0.1) is 6.92 Å². The zero-order chi connectivity index (χ0) is 22.4. The van der Waals surface area contributed by atoms with Gasteiger partial charge in [-0.1, -0.05) is 43.3 Å². The van der Waals surface area contributed by atoms with Gasteiger partial charge >= 0.3 is 0 Å². The van der Waals surface area contributed by atoms with Gasteiger partial charge < -0.3 is 5.32 Å². The predicted octanol–water partition coefficient (Wildman–Crippen LogP) is 4.69. The standard InChI is InChI=1S/C25H34N2O3S/c1-4-23(22-16-15-20-11-6-7-12-21(20)18-22)26-25(28)14-9-17-27(31(3,29)30)24-13-8-5-10-19(24)2/h5,8,10,13,15-16,18,23H,4,6-7,9,11-12,14,17H2,1-3H3,(H,26,28). The number of hydrogen-bond acceptors (Lipinski definition) is 3. The largest absolute Gasteiger partial charge is 0.349 e. The molecule has 0 saturated carbocycles. The molecule has 31 heavy (non-hydrogen) atoms. The Bertz CT molecular complexity index is 1020. The summed E-state index contributed by atoms with van der Waals surface area (Å²) in [6.07, 6.45) is 7.55. The molecule has 168 valence electrons. The van der Waals surface area contributed by atoms with Crippen molar-refractivity contribution in [1.82, 2.24) is 5.32 Å². The normalized spacial score (nSPS) is 14.5. The summed E-state index contributed by atoms with van der Waals surface area (Å²) in [5.41, 5.74) is 5.59. The van der Waals surface area contributed by atoms with E-state index in [2.05, 4.69) is 30.4 Å². The third kappa shape index (κ3) is 6.10. The highest BCUT2D eigenvalue weighted by molar-refractivity contribution is 7.92. The number of anilines is 1. The first kappa shape index (κ1) is 23.3. The fourth-order valence-corrected chi connectivity index (χ4v) is 5.37. The summed E-state index contributed by atoms with van der Waals surface area (Å²) in [7, 11) is -3.42. The third-order valence-corrected chi connectivity index (χ3v) is 7.25. The first-order chi connectivity index (χ1) is 14.8. The molecule has 0 fully saturated rings. The number of benzene rings is 2. The Kier molecular flexibility index (Phi) is 7.76. The molecule has 1 unspecified atom stereocenters. The molecule has 0 aliphatic heterocycles. The molecule has 0 bridgehead atoms. The van der Waals surface area contributed by atoms with E-state index < -0.39 is 10.0 Å². The number of hydrogen-bond donors (Lipinski definition) is 1. The third-order valence-electron chi connectivity index (χ3n) is 6.07. The van der Waals surface area contributed by atoms with Gasteiger partial charge in [-0.3, -0.25) is 9.10 Å². The lowest BCUT2D eigenvalue weighted by Gasteiger charge is -2.24. The molecule has 1 aliphatic carbocycles. The molecule has 1 amide bonds. The fraction of sp³-hybridized carbons (Fsp3) is 0.480. The average molecular weight is 443 g/mol. The topological polar surface area (TPSA) is 66.5 Å². The maximum absolute atomic E-state index is 12.6. The molecule has 0 aromatic heterocycles. The number of rotatable bonds is 9. The van der Waals surface area contributed by atoms with Crippen LogP contribution in [-0.4, -0.2) is 27.1 Å². The maximum Gasteiger partial charge on any atom is 0.232 e. The molecular formula is C25H34N2O3S. The molecule has 1 N–H and O–H groups in total. The van der Waals surface area contributed by atoms with E-state index >= 15 is 0 Å². The number of para-hydroxylation sites is 1. The molecule has 3 rings (SSSR count). The molecule has 5 nitrogen and oxygen atoms in total. The minimum Gasteiger partial charge on any atom is -0.349 e. The highest BCUT2D eigenvalue weighted by Crippen LogP contribution is 2.26. The SMILES string of the molecule is CCC(NC(=O)CCCN(c1ccccc1C)S(C)(=O)=O)c1ccc2c(c1)CCCC2. The lowest BCUT2D eigenvalue weighted by atomic mass is 9.89. The molecule has 0 heterocycles. The summed E-state index contributed by atoms with van der Waals surface area (Å²) >= 11 is 0. The fourth-order valence-electron chi connectivity index (χ4n) is 4.35. The summed E-state index contributed by atoms with van der Waals surface area (Å²) in [6.45, 7) is 4.26. The number of nitrogens with zero attached hydrogens (tertiary/aromatic N) is 1. The minimum absolute atomic E-state index is 0.0119. The van der Waals surface area contributed by atoms with E-state index in [1.54, 1.807) is 6.07 Å².